The second kappa shape index (κ2) is 5.22. The molecule has 1 aliphatic carbocycles. The maximum absolute atomic E-state index is 12.9. The highest BCUT2D eigenvalue weighted by molar-refractivity contribution is 9.10. The van der Waals surface area contributed by atoms with Gasteiger partial charge in [-0.1, -0.05) is 58.4 Å². The molecule has 0 amide bonds. The van der Waals surface area contributed by atoms with Crippen molar-refractivity contribution in [3.63, 3.8) is 0 Å². The van der Waals surface area contributed by atoms with Gasteiger partial charge in [0.25, 0.3) is 0 Å². The fourth-order valence-electron chi connectivity index (χ4n) is 3.14. The molecule has 3 aromatic carbocycles. The van der Waals surface area contributed by atoms with Gasteiger partial charge < -0.3 is 0 Å². The molecule has 0 atom stereocenters. The first-order valence-corrected chi connectivity index (χ1v) is 8.04. The molecule has 0 saturated carbocycles. The van der Waals surface area contributed by atoms with Crippen LogP contribution in [0.15, 0.2) is 71.2 Å². The van der Waals surface area contributed by atoms with Gasteiger partial charge in [-0.15, -0.1) is 0 Å². The largest absolute Gasteiger partial charge is 0.289 e. The van der Waals surface area contributed by atoms with Gasteiger partial charge in [0, 0.05) is 15.6 Å². The van der Waals surface area contributed by atoms with E-state index in [-0.39, 0.29) is 5.78 Å². The number of hydrogen-bond donors (Lipinski definition) is 0. The summed E-state index contributed by atoms with van der Waals surface area (Å²) in [5, 5.41) is 0. The zero-order valence-corrected chi connectivity index (χ0v) is 13.4. The molecule has 0 aromatic heterocycles. The average Bonchev–Trinajstić information content (AvgIpc) is 2.93. The maximum Gasteiger partial charge on any atom is 0.193 e. The summed E-state index contributed by atoms with van der Waals surface area (Å²) < 4.78 is 0.979. The Labute approximate surface area is 137 Å². The Kier molecular flexibility index (Phi) is 3.20. The summed E-state index contributed by atoms with van der Waals surface area (Å²) in [5.74, 6) is 0.0843. The van der Waals surface area contributed by atoms with Gasteiger partial charge in [0.05, 0.1) is 0 Å². The lowest BCUT2D eigenvalue weighted by molar-refractivity contribution is 0.103. The summed E-state index contributed by atoms with van der Waals surface area (Å²) >= 11 is 3.41. The van der Waals surface area contributed by atoms with Gasteiger partial charge in [-0.05, 0) is 52.9 Å². The smallest absolute Gasteiger partial charge is 0.193 e. The molecular weight excluding hydrogens is 336 g/mol. The molecule has 0 spiro atoms. The van der Waals surface area contributed by atoms with Crippen LogP contribution in [0.1, 0.15) is 27.0 Å². The van der Waals surface area contributed by atoms with Crippen LogP contribution in [0.25, 0.3) is 11.1 Å². The molecule has 1 nitrogen and oxygen atoms in total. The number of benzene rings is 3. The molecule has 3 aromatic rings. The molecule has 2 heteroatoms. The molecule has 0 N–H and O–H groups in total. The number of halogens is 1. The van der Waals surface area contributed by atoms with Crippen LogP contribution < -0.4 is 0 Å². The van der Waals surface area contributed by atoms with Crippen LogP contribution in [0.4, 0.5) is 0 Å². The number of carbonyl (C=O) groups excluding carboxylic acids is 1. The number of carbonyl (C=O) groups is 1. The number of ketones is 1. The topological polar surface area (TPSA) is 17.1 Å². The van der Waals surface area contributed by atoms with Gasteiger partial charge in [0.15, 0.2) is 5.78 Å². The maximum atomic E-state index is 12.9. The van der Waals surface area contributed by atoms with E-state index in [2.05, 4.69) is 40.2 Å². The Bertz CT molecular complexity index is 878. The third-order valence-corrected chi connectivity index (χ3v) is 4.70. The summed E-state index contributed by atoms with van der Waals surface area (Å²) in [6.07, 6.45) is 0.910. The summed E-state index contributed by atoms with van der Waals surface area (Å²) in [4.78, 5) is 12.9. The van der Waals surface area contributed by atoms with Gasteiger partial charge in [-0.25, -0.2) is 0 Å². The van der Waals surface area contributed by atoms with Crippen molar-refractivity contribution in [3.8, 4) is 11.1 Å². The van der Waals surface area contributed by atoms with Gasteiger partial charge in [-0.3, -0.25) is 4.79 Å². The molecule has 22 heavy (non-hydrogen) atoms. The molecule has 0 heterocycles. The highest BCUT2D eigenvalue weighted by Gasteiger charge is 2.24. The fourth-order valence-corrected chi connectivity index (χ4v) is 3.40. The van der Waals surface area contributed by atoms with E-state index in [0.717, 1.165) is 27.6 Å². The van der Waals surface area contributed by atoms with Crippen molar-refractivity contribution in [2.75, 3.05) is 0 Å². The molecule has 4 rings (SSSR count). The van der Waals surface area contributed by atoms with Crippen molar-refractivity contribution in [1.82, 2.24) is 0 Å². The first kappa shape index (κ1) is 13.5. The van der Waals surface area contributed by atoms with Crippen LogP contribution in [0.5, 0.6) is 0 Å². The highest BCUT2D eigenvalue weighted by Crippen LogP contribution is 2.39. The van der Waals surface area contributed by atoms with Crippen LogP contribution >= 0.6 is 15.9 Å². The minimum absolute atomic E-state index is 0.0843. The molecule has 0 saturated heterocycles. The van der Waals surface area contributed by atoms with Crippen molar-refractivity contribution in [1.29, 1.82) is 0 Å². The van der Waals surface area contributed by atoms with Crippen molar-refractivity contribution < 1.29 is 4.79 Å². The highest BCUT2D eigenvalue weighted by atomic mass is 79.9. The van der Waals surface area contributed by atoms with E-state index >= 15 is 0 Å². The van der Waals surface area contributed by atoms with Crippen molar-refractivity contribution >= 4 is 21.7 Å². The predicted molar refractivity (Wildman–Crippen MR) is 92.3 cm³/mol. The lowest BCUT2D eigenvalue weighted by Gasteiger charge is -2.09. The quantitative estimate of drug-likeness (QED) is 0.452. The minimum Gasteiger partial charge on any atom is -0.289 e. The number of rotatable bonds is 2. The Morgan fingerprint density at radius 1 is 0.818 bits per heavy atom. The van der Waals surface area contributed by atoms with E-state index in [9.17, 15) is 4.79 Å². The van der Waals surface area contributed by atoms with Crippen molar-refractivity contribution in [3.05, 3.63) is 93.5 Å². The standard InChI is InChI=1S/C20H13BrO/c21-16-10-8-13(9-11-16)20(22)18-7-3-5-15-12-14-4-1-2-6-17(14)19(15)18/h1-11H,12H2. The van der Waals surface area contributed by atoms with Gasteiger partial charge >= 0.3 is 0 Å². The summed E-state index contributed by atoms with van der Waals surface area (Å²) in [7, 11) is 0. The molecule has 0 bridgehead atoms. The lowest BCUT2D eigenvalue weighted by Crippen LogP contribution is -2.03. The molecule has 0 radical (unpaired) electrons. The average molecular weight is 349 g/mol. The summed E-state index contributed by atoms with van der Waals surface area (Å²) in [6.45, 7) is 0. The predicted octanol–water partition coefficient (Wildman–Crippen LogP) is 5.25. The van der Waals surface area contributed by atoms with E-state index < -0.39 is 0 Å². The summed E-state index contributed by atoms with van der Waals surface area (Å²) in [6, 6.07) is 21.9. The second-order valence-electron chi connectivity index (χ2n) is 5.51. The van der Waals surface area contributed by atoms with Gasteiger partial charge in [0.2, 0.25) is 0 Å². The third-order valence-electron chi connectivity index (χ3n) is 4.17. The normalized spacial score (nSPS) is 11.9. The van der Waals surface area contributed by atoms with E-state index in [1.165, 1.54) is 16.7 Å². The molecular formula is C20H13BrO. The molecule has 0 aliphatic heterocycles. The minimum atomic E-state index is 0.0843. The summed E-state index contributed by atoms with van der Waals surface area (Å²) in [5.41, 5.74) is 6.35. The second-order valence-corrected chi connectivity index (χ2v) is 6.43. The van der Waals surface area contributed by atoms with Crippen LogP contribution in [0, 0.1) is 0 Å². The van der Waals surface area contributed by atoms with E-state index in [1.54, 1.807) is 0 Å². The van der Waals surface area contributed by atoms with Gasteiger partial charge in [-0.2, -0.15) is 0 Å². The molecule has 0 unspecified atom stereocenters. The fraction of sp³-hybridized carbons (Fsp3) is 0.0500. The van der Waals surface area contributed by atoms with E-state index in [4.69, 9.17) is 0 Å². The Morgan fingerprint density at radius 2 is 1.55 bits per heavy atom. The lowest BCUT2D eigenvalue weighted by atomic mass is 9.94. The van der Waals surface area contributed by atoms with Crippen LogP contribution in [0.2, 0.25) is 0 Å². The molecule has 106 valence electrons. The monoisotopic (exact) mass is 348 g/mol. The Hall–Kier alpha value is -2.19. The number of fused-ring (bicyclic) bond motifs is 3. The molecule has 1 aliphatic rings. The first-order valence-electron chi connectivity index (χ1n) is 7.24. The zero-order chi connectivity index (χ0) is 15.1. The molecule has 0 fully saturated rings. The van der Waals surface area contributed by atoms with Gasteiger partial charge in [0.1, 0.15) is 0 Å². The van der Waals surface area contributed by atoms with E-state index in [1.807, 2.05) is 42.5 Å². The van der Waals surface area contributed by atoms with Crippen molar-refractivity contribution in [2.24, 2.45) is 0 Å². The van der Waals surface area contributed by atoms with E-state index in [0.29, 0.717) is 0 Å². The zero-order valence-electron chi connectivity index (χ0n) is 11.8. The SMILES string of the molecule is O=C(c1ccc(Br)cc1)c1cccc2c1-c1ccccc1C2. The van der Waals surface area contributed by atoms with Crippen molar-refractivity contribution in [2.45, 2.75) is 6.42 Å². The van der Waals surface area contributed by atoms with Crippen LogP contribution in [0.3, 0.4) is 0 Å². The Balaban J connectivity index is 1.87. The van der Waals surface area contributed by atoms with Crippen LogP contribution in [-0.4, -0.2) is 5.78 Å². The third kappa shape index (κ3) is 2.11. The Morgan fingerprint density at radius 3 is 2.36 bits per heavy atom. The first-order chi connectivity index (χ1) is 10.7. The number of hydrogen-bond acceptors (Lipinski definition) is 1. The van der Waals surface area contributed by atoms with Crippen LogP contribution in [-0.2, 0) is 6.42 Å².